The smallest absolute Gasteiger partial charge is 0.0473 e. The number of likely N-dealkylation sites (N-methyl/N-ethyl adjacent to an activating group) is 1. The molecule has 1 aromatic rings. The van der Waals surface area contributed by atoms with Gasteiger partial charge in [0.15, 0.2) is 0 Å². The molecule has 0 heterocycles. The van der Waals surface area contributed by atoms with Gasteiger partial charge in [-0.3, -0.25) is 4.90 Å². The lowest BCUT2D eigenvalue weighted by atomic mass is 9.91. The average molecular weight is 260 g/mol. The van der Waals surface area contributed by atoms with Gasteiger partial charge in [0.2, 0.25) is 0 Å². The van der Waals surface area contributed by atoms with Gasteiger partial charge in [0.05, 0.1) is 0 Å². The van der Waals surface area contributed by atoms with Crippen LogP contribution in [-0.2, 0) is 0 Å². The van der Waals surface area contributed by atoms with Crippen LogP contribution in [0.1, 0.15) is 56.2 Å². The fraction of sp³-hybridized carbons (Fsp3) is 0.647. The van der Waals surface area contributed by atoms with E-state index >= 15 is 0 Å². The van der Waals surface area contributed by atoms with Crippen LogP contribution in [0.15, 0.2) is 24.3 Å². The minimum absolute atomic E-state index is 0.383. The van der Waals surface area contributed by atoms with Crippen molar-refractivity contribution >= 4 is 0 Å². The first-order chi connectivity index (χ1) is 9.26. The minimum atomic E-state index is 0.383. The molecular formula is C17H28N2. The third kappa shape index (κ3) is 3.58. The van der Waals surface area contributed by atoms with Crippen molar-refractivity contribution in [1.82, 2.24) is 4.90 Å². The van der Waals surface area contributed by atoms with Gasteiger partial charge < -0.3 is 5.73 Å². The maximum Gasteiger partial charge on any atom is 0.0473 e. The maximum atomic E-state index is 6.08. The Morgan fingerprint density at radius 1 is 1.16 bits per heavy atom. The second-order valence-electron chi connectivity index (χ2n) is 5.78. The number of nitrogens with two attached hydrogens (primary N) is 1. The predicted octanol–water partition coefficient (Wildman–Crippen LogP) is 3.65. The molecule has 2 nitrogen and oxygen atoms in total. The second-order valence-corrected chi connectivity index (χ2v) is 5.78. The van der Waals surface area contributed by atoms with E-state index in [0.29, 0.717) is 12.6 Å². The molecule has 2 rings (SSSR count). The predicted molar refractivity (Wildman–Crippen MR) is 82.2 cm³/mol. The van der Waals surface area contributed by atoms with Gasteiger partial charge in [-0.1, -0.05) is 56.0 Å². The summed E-state index contributed by atoms with van der Waals surface area (Å²) in [5.41, 5.74) is 8.78. The van der Waals surface area contributed by atoms with E-state index in [2.05, 4.69) is 43.0 Å². The number of aryl methyl sites for hydroxylation is 1. The molecule has 1 aliphatic rings. The van der Waals surface area contributed by atoms with Crippen molar-refractivity contribution in [2.24, 2.45) is 5.73 Å². The van der Waals surface area contributed by atoms with E-state index in [1.165, 1.54) is 43.2 Å². The normalized spacial score (nSPS) is 18.7. The molecule has 19 heavy (non-hydrogen) atoms. The molecule has 1 saturated carbocycles. The van der Waals surface area contributed by atoms with E-state index in [4.69, 9.17) is 5.73 Å². The average Bonchev–Trinajstić information content (AvgIpc) is 2.47. The zero-order valence-electron chi connectivity index (χ0n) is 12.4. The molecule has 0 aliphatic heterocycles. The second kappa shape index (κ2) is 7.06. The molecule has 1 atom stereocenters. The van der Waals surface area contributed by atoms with Gasteiger partial charge in [0.25, 0.3) is 0 Å². The van der Waals surface area contributed by atoms with Gasteiger partial charge in [-0.2, -0.15) is 0 Å². The summed E-state index contributed by atoms with van der Waals surface area (Å²) in [5, 5.41) is 0. The number of benzene rings is 1. The highest BCUT2D eigenvalue weighted by molar-refractivity contribution is 5.24. The molecule has 0 spiro atoms. The Morgan fingerprint density at radius 2 is 1.79 bits per heavy atom. The Hall–Kier alpha value is -0.860. The van der Waals surface area contributed by atoms with Gasteiger partial charge in [0, 0.05) is 18.6 Å². The first-order valence-electron chi connectivity index (χ1n) is 7.78. The van der Waals surface area contributed by atoms with Crippen molar-refractivity contribution in [2.75, 3.05) is 13.1 Å². The number of nitrogens with zero attached hydrogens (tertiary/aromatic N) is 1. The topological polar surface area (TPSA) is 29.3 Å². The van der Waals surface area contributed by atoms with Crippen molar-refractivity contribution in [1.29, 1.82) is 0 Å². The van der Waals surface area contributed by atoms with Crippen molar-refractivity contribution in [2.45, 2.75) is 58.0 Å². The summed E-state index contributed by atoms with van der Waals surface area (Å²) in [5.74, 6) is 0. The molecule has 0 amide bonds. The van der Waals surface area contributed by atoms with Crippen LogP contribution in [0, 0.1) is 6.92 Å². The molecule has 1 aromatic carbocycles. The van der Waals surface area contributed by atoms with Crippen LogP contribution < -0.4 is 5.73 Å². The van der Waals surface area contributed by atoms with Gasteiger partial charge in [0.1, 0.15) is 0 Å². The summed E-state index contributed by atoms with van der Waals surface area (Å²) in [6.45, 7) is 6.22. The first-order valence-corrected chi connectivity index (χ1v) is 7.78. The van der Waals surface area contributed by atoms with Gasteiger partial charge in [-0.25, -0.2) is 0 Å². The SMILES string of the molecule is CCN(C1CCCCC1)C(CN)c1ccc(C)cc1. The quantitative estimate of drug-likeness (QED) is 0.875. The number of hydrogen-bond donors (Lipinski definition) is 1. The highest BCUT2D eigenvalue weighted by Crippen LogP contribution is 2.29. The van der Waals surface area contributed by atoms with Gasteiger partial charge in [-0.15, -0.1) is 0 Å². The largest absolute Gasteiger partial charge is 0.329 e. The lowest BCUT2D eigenvalue weighted by Gasteiger charge is -2.39. The Labute approximate surface area is 118 Å². The molecule has 0 bridgehead atoms. The third-order valence-electron chi connectivity index (χ3n) is 4.49. The lowest BCUT2D eigenvalue weighted by Crippen LogP contribution is -2.42. The monoisotopic (exact) mass is 260 g/mol. The van der Waals surface area contributed by atoms with Gasteiger partial charge in [-0.05, 0) is 31.9 Å². The van der Waals surface area contributed by atoms with Crippen LogP contribution in [0.5, 0.6) is 0 Å². The van der Waals surface area contributed by atoms with Crippen LogP contribution in [0.25, 0.3) is 0 Å². The number of hydrogen-bond acceptors (Lipinski definition) is 2. The highest BCUT2D eigenvalue weighted by Gasteiger charge is 2.26. The van der Waals surface area contributed by atoms with Crippen molar-refractivity contribution in [3.63, 3.8) is 0 Å². The van der Waals surface area contributed by atoms with E-state index in [1.807, 2.05) is 0 Å². The van der Waals surface area contributed by atoms with Gasteiger partial charge >= 0.3 is 0 Å². The summed E-state index contributed by atoms with van der Waals surface area (Å²) in [7, 11) is 0. The molecule has 2 heteroatoms. The molecular weight excluding hydrogens is 232 g/mol. The number of rotatable bonds is 5. The standard InChI is InChI=1S/C17H28N2/c1-3-19(16-7-5-4-6-8-16)17(13-18)15-11-9-14(2)10-12-15/h9-12,16-17H,3-8,13,18H2,1-2H3. The third-order valence-corrected chi connectivity index (χ3v) is 4.49. The van der Waals surface area contributed by atoms with Crippen molar-refractivity contribution in [3.8, 4) is 0 Å². The summed E-state index contributed by atoms with van der Waals surface area (Å²) in [4.78, 5) is 2.63. The molecule has 0 saturated heterocycles. The molecule has 106 valence electrons. The molecule has 1 unspecified atom stereocenters. The van der Waals surface area contributed by atoms with Crippen LogP contribution in [0.2, 0.25) is 0 Å². The molecule has 2 N–H and O–H groups in total. The van der Waals surface area contributed by atoms with Crippen molar-refractivity contribution in [3.05, 3.63) is 35.4 Å². The summed E-state index contributed by atoms with van der Waals surface area (Å²) >= 11 is 0. The molecule has 1 fully saturated rings. The molecule has 1 aliphatic carbocycles. The Kier molecular flexibility index (Phi) is 5.41. The van der Waals surface area contributed by atoms with Crippen LogP contribution in [0.3, 0.4) is 0 Å². The molecule has 0 radical (unpaired) electrons. The van der Waals surface area contributed by atoms with E-state index in [0.717, 1.165) is 12.6 Å². The summed E-state index contributed by atoms with van der Waals surface area (Å²) in [6.07, 6.45) is 6.86. The maximum absolute atomic E-state index is 6.08. The minimum Gasteiger partial charge on any atom is -0.329 e. The van der Waals surface area contributed by atoms with E-state index in [9.17, 15) is 0 Å². The first kappa shape index (κ1) is 14.5. The Bertz CT molecular complexity index is 365. The van der Waals surface area contributed by atoms with Crippen LogP contribution >= 0.6 is 0 Å². The zero-order valence-corrected chi connectivity index (χ0v) is 12.4. The highest BCUT2D eigenvalue weighted by atomic mass is 15.2. The summed E-state index contributed by atoms with van der Waals surface area (Å²) in [6, 6.07) is 10.0. The van der Waals surface area contributed by atoms with E-state index in [1.54, 1.807) is 0 Å². The lowest BCUT2D eigenvalue weighted by molar-refractivity contribution is 0.114. The molecule has 0 aromatic heterocycles. The Morgan fingerprint density at radius 3 is 2.32 bits per heavy atom. The Balaban J connectivity index is 2.15. The van der Waals surface area contributed by atoms with Crippen LogP contribution in [-0.4, -0.2) is 24.0 Å². The van der Waals surface area contributed by atoms with Crippen LogP contribution in [0.4, 0.5) is 0 Å². The van der Waals surface area contributed by atoms with E-state index in [-0.39, 0.29) is 0 Å². The fourth-order valence-electron chi connectivity index (χ4n) is 3.40. The summed E-state index contributed by atoms with van der Waals surface area (Å²) < 4.78 is 0. The zero-order chi connectivity index (χ0) is 13.7. The van der Waals surface area contributed by atoms with Crippen molar-refractivity contribution < 1.29 is 0 Å². The fourth-order valence-corrected chi connectivity index (χ4v) is 3.40. The van der Waals surface area contributed by atoms with E-state index < -0.39 is 0 Å².